The van der Waals surface area contributed by atoms with Gasteiger partial charge < -0.3 is 0 Å². The summed E-state index contributed by atoms with van der Waals surface area (Å²) >= 11 is 0. The standard InChI is InChI=1S/C56H48/c1-4-16-40(17-5-1)45-36-46(41-18-6-2-7-19-41)38-47(37-45)56-53-26-14-12-24-51(53)55(52-25-13-15-27-54(52)56)44-32-29-39(30-33-44)28-31-43-34-35-49(42-20-8-3-9-21-42)50-23-11-10-22-48(43)50/h1-8,10-20,22-29,31-32,34-37,46,48,50-51,53H,9,21,30,33,38H2. The number of allylic oxidation sites excluding steroid dienone is 26. The van der Waals surface area contributed by atoms with Crippen LogP contribution in [-0.2, 0) is 0 Å². The van der Waals surface area contributed by atoms with Gasteiger partial charge in [-0.15, -0.1) is 0 Å². The molecule has 56 heavy (non-hydrogen) atoms. The normalized spacial score (nSPS) is 26.3. The summed E-state index contributed by atoms with van der Waals surface area (Å²) < 4.78 is 0. The third kappa shape index (κ3) is 6.58. The minimum Gasteiger partial charge on any atom is -0.0842 e. The van der Waals surface area contributed by atoms with Gasteiger partial charge in [0.2, 0.25) is 0 Å². The molecule has 0 aromatic heterocycles. The Labute approximate surface area is 332 Å². The minimum atomic E-state index is 0.288. The molecule has 7 aliphatic rings. The largest absolute Gasteiger partial charge is 0.0842 e. The van der Waals surface area contributed by atoms with E-state index in [9.17, 15) is 0 Å². The summed E-state index contributed by atoms with van der Waals surface area (Å²) in [4.78, 5) is 0. The van der Waals surface area contributed by atoms with Gasteiger partial charge in [-0.1, -0.05) is 200 Å². The molecule has 272 valence electrons. The SMILES string of the molecule is C1=CCCC(C2=CC=C(C=CC3=CC=C(C4=c5ccccc5=C(C5=CC(c6ccccc6)=CC(c6ccccc6)C5)C5C=CC=CC45)CC3)C3C=CC=CC23)=C1. The van der Waals surface area contributed by atoms with Gasteiger partial charge in [-0.2, -0.15) is 0 Å². The van der Waals surface area contributed by atoms with E-state index in [1.807, 2.05) is 0 Å². The van der Waals surface area contributed by atoms with Crippen molar-refractivity contribution in [1.29, 1.82) is 0 Å². The summed E-state index contributed by atoms with van der Waals surface area (Å²) in [5.74, 6) is 1.72. The van der Waals surface area contributed by atoms with Crippen LogP contribution in [0, 0.1) is 23.7 Å². The van der Waals surface area contributed by atoms with E-state index < -0.39 is 0 Å². The topological polar surface area (TPSA) is 0 Å². The Kier molecular flexibility index (Phi) is 9.41. The molecule has 0 bridgehead atoms. The molecular weight excluding hydrogens is 673 g/mol. The molecule has 3 aromatic carbocycles. The second kappa shape index (κ2) is 15.3. The maximum Gasteiger partial charge on any atom is 0.0134 e. The lowest BCUT2D eigenvalue weighted by Crippen LogP contribution is -2.41. The summed E-state index contributed by atoms with van der Waals surface area (Å²) in [7, 11) is 0. The average Bonchev–Trinajstić information content (AvgIpc) is 3.28. The fourth-order valence-electron chi connectivity index (χ4n) is 10.1. The monoisotopic (exact) mass is 720 g/mol. The van der Waals surface area contributed by atoms with E-state index in [0.717, 1.165) is 32.1 Å². The van der Waals surface area contributed by atoms with Crippen molar-refractivity contribution in [3.05, 3.63) is 255 Å². The Morgan fingerprint density at radius 1 is 0.500 bits per heavy atom. The fourth-order valence-corrected chi connectivity index (χ4v) is 10.1. The van der Waals surface area contributed by atoms with Gasteiger partial charge >= 0.3 is 0 Å². The predicted molar refractivity (Wildman–Crippen MR) is 236 cm³/mol. The molecule has 0 N–H and O–H groups in total. The van der Waals surface area contributed by atoms with Crippen molar-refractivity contribution < 1.29 is 0 Å². The molecule has 0 aliphatic heterocycles. The average molecular weight is 721 g/mol. The molecule has 5 unspecified atom stereocenters. The lowest BCUT2D eigenvalue weighted by atomic mass is 9.67. The van der Waals surface area contributed by atoms with Crippen LogP contribution in [0.1, 0.15) is 49.1 Å². The molecule has 0 amide bonds. The van der Waals surface area contributed by atoms with Crippen LogP contribution in [0.25, 0.3) is 16.7 Å². The van der Waals surface area contributed by atoms with Crippen LogP contribution < -0.4 is 10.4 Å². The first-order valence-electron chi connectivity index (χ1n) is 20.7. The summed E-state index contributed by atoms with van der Waals surface area (Å²) in [6.07, 6.45) is 50.3. The Bertz CT molecular complexity index is 2590. The molecular formula is C56H48. The molecule has 7 aliphatic carbocycles. The van der Waals surface area contributed by atoms with Crippen molar-refractivity contribution in [2.24, 2.45) is 23.7 Å². The number of hydrogen-bond donors (Lipinski definition) is 0. The van der Waals surface area contributed by atoms with Gasteiger partial charge in [0.1, 0.15) is 0 Å². The number of rotatable bonds is 7. The highest BCUT2D eigenvalue weighted by molar-refractivity contribution is 5.86. The van der Waals surface area contributed by atoms with Crippen molar-refractivity contribution in [1.82, 2.24) is 0 Å². The van der Waals surface area contributed by atoms with Crippen molar-refractivity contribution in [3.63, 3.8) is 0 Å². The summed E-state index contributed by atoms with van der Waals surface area (Å²) in [5.41, 5.74) is 15.7. The highest BCUT2D eigenvalue weighted by atomic mass is 14.4. The maximum absolute atomic E-state index is 2.50. The maximum atomic E-state index is 2.50. The van der Waals surface area contributed by atoms with Gasteiger partial charge in [0.25, 0.3) is 0 Å². The molecule has 0 radical (unpaired) electrons. The van der Waals surface area contributed by atoms with E-state index in [4.69, 9.17) is 0 Å². The Morgan fingerprint density at radius 2 is 1.18 bits per heavy atom. The number of hydrogen-bond acceptors (Lipinski definition) is 0. The van der Waals surface area contributed by atoms with Crippen LogP contribution in [0.3, 0.4) is 0 Å². The van der Waals surface area contributed by atoms with E-state index in [2.05, 4.69) is 200 Å². The van der Waals surface area contributed by atoms with Crippen LogP contribution in [0.4, 0.5) is 0 Å². The summed E-state index contributed by atoms with van der Waals surface area (Å²) in [6, 6.07) is 31.3. The molecule has 0 heterocycles. The second-order valence-corrected chi connectivity index (χ2v) is 16.1. The summed E-state index contributed by atoms with van der Waals surface area (Å²) in [6.45, 7) is 0. The molecule has 10 rings (SSSR count). The first-order chi connectivity index (χ1) is 27.8. The Balaban J connectivity index is 1.02. The molecule has 0 nitrogen and oxygen atoms in total. The molecule has 0 heteroatoms. The molecule has 3 aromatic rings. The van der Waals surface area contributed by atoms with Crippen molar-refractivity contribution in [2.75, 3.05) is 0 Å². The van der Waals surface area contributed by atoms with Crippen LogP contribution >= 0.6 is 0 Å². The third-order valence-corrected chi connectivity index (χ3v) is 12.9. The van der Waals surface area contributed by atoms with Crippen molar-refractivity contribution in [3.8, 4) is 0 Å². The Hall–Kier alpha value is -5.98. The minimum absolute atomic E-state index is 0.288. The van der Waals surface area contributed by atoms with Crippen molar-refractivity contribution in [2.45, 2.75) is 38.0 Å². The van der Waals surface area contributed by atoms with Crippen LogP contribution in [0.2, 0.25) is 0 Å². The molecule has 0 saturated heterocycles. The van der Waals surface area contributed by atoms with Crippen LogP contribution in [0.5, 0.6) is 0 Å². The van der Waals surface area contributed by atoms with Gasteiger partial charge in [-0.3, -0.25) is 0 Å². The lowest BCUT2D eigenvalue weighted by Gasteiger charge is -2.37. The van der Waals surface area contributed by atoms with E-state index >= 15 is 0 Å². The Morgan fingerprint density at radius 3 is 1.88 bits per heavy atom. The van der Waals surface area contributed by atoms with E-state index in [-0.39, 0.29) is 5.92 Å². The zero-order valence-corrected chi connectivity index (χ0v) is 32.0. The van der Waals surface area contributed by atoms with Gasteiger partial charge in [-0.25, -0.2) is 0 Å². The molecule has 0 saturated carbocycles. The fraction of sp³-hybridized carbons (Fsp3) is 0.179. The van der Waals surface area contributed by atoms with Crippen molar-refractivity contribution >= 4 is 16.7 Å². The molecule has 0 spiro atoms. The number of benzene rings is 3. The molecule has 0 fully saturated rings. The van der Waals surface area contributed by atoms with E-state index in [1.54, 1.807) is 0 Å². The van der Waals surface area contributed by atoms with Gasteiger partial charge in [0.15, 0.2) is 0 Å². The third-order valence-electron chi connectivity index (χ3n) is 12.9. The highest BCUT2D eigenvalue weighted by Gasteiger charge is 2.35. The van der Waals surface area contributed by atoms with Crippen LogP contribution in [-0.4, -0.2) is 0 Å². The lowest BCUT2D eigenvalue weighted by molar-refractivity contribution is 0.602. The van der Waals surface area contributed by atoms with E-state index in [0.29, 0.717) is 23.7 Å². The van der Waals surface area contributed by atoms with Crippen LogP contribution in [0.15, 0.2) is 234 Å². The summed E-state index contributed by atoms with van der Waals surface area (Å²) in [5, 5.41) is 2.80. The zero-order valence-electron chi connectivity index (χ0n) is 32.0. The van der Waals surface area contributed by atoms with E-state index in [1.165, 1.54) is 71.7 Å². The smallest absolute Gasteiger partial charge is 0.0134 e. The van der Waals surface area contributed by atoms with Gasteiger partial charge in [-0.05, 0) is 104 Å². The first-order valence-corrected chi connectivity index (χ1v) is 20.7. The predicted octanol–water partition coefficient (Wildman–Crippen LogP) is 12.3. The zero-order chi connectivity index (χ0) is 37.3. The quantitative estimate of drug-likeness (QED) is 0.228. The number of fused-ring (bicyclic) bond motifs is 3. The highest BCUT2D eigenvalue weighted by Crippen LogP contribution is 2.47. The molecule has 5 atom stereocenters. The van der Waals surface area contributed by atoms with Gasteiger partial charge in [0, 0.05) is 29.6 Å². The second-order valence-electron chi connectivity index (χ2n) is 16.1. The van der Waals surface area contributed by atoms with Gasteiger partial charge in [0.05, 0.1) is 0 Å². The first kappa shape index (κ1) is 34.5.